The molecule has 0 aromatic carbocycles. The monoisotopic (exact) mass is 184 g/mol. The maximum absolute atomic E-state index is 11.1. The van der Waals surface area contributed by atoms with Crippen LogP contribution < -0.4 is 0 Å². The molecular formula is C11H20O2. The summed E-state index contributed by atoms with van der Waals surface area (Å²) in [6.07, 6.45) is 7.42. The molecule has 0 fully saturated rings. The number of hydrogen-bond donors (Lipinski definition) is 0. The van der Waals surface area contributed by atoms with Crippen molar-refractivity contribution in [3.8, 4) is 0 Å². The average molecular weight is 184 g/mol. The van der Waals surface area contributed by atoms with Gasteiger partial charge in [-0.1, -0.05) is 32.8 Å². The molecule has 0 radical (unpaired) electrons. The van der Waals surface area contributed by atoms with Crippen LogP contribution in [-0.2, 0) is 9.53 Å². The van der Waals surface area contributed by atoms with Crippen LogP contribution in [0.15, 0.2) is 12.2 Å². The largest absolute Gasteiger partial charge is 0.460 e. The van der Waals surface area contributed by atoms with Crippen LogP contribution in [0.2, 0.25) is 0 Å². The van der Waals surface area contributed by atoms with Crippen molar-refractivity contribution in [3.63, 3.8) is 0 Å². The van der Waals surface area contributed by atoms with E-state index in [1.807, 2.05) is 13.0 Å². The molecule has 76 valence electrons. The number of hydrogen-bond acceptors (Lipinski definition) is 2. The quantitative estimate of drug-likeness (QED) is 0.468. The molecule has 0 amide bonds. The summed E-state index contributed by atoms with van der Waals surface area (Å²) >= 11 is 0. The van der Waals surface area contributed by atoms with Crippen LogP contribution >= 0.6 is 0 Å². The van der Waals surface area contributed by atoms with Gasteiger partial charge in [0.1, 0.15) is 0 Å². The fourth-order valence-corrected chi connectivity index (χ4v) is 1.05. The zero-order chi connectivity index (χ0) is 10.1. The van der Waals surface area contributed by atoms with Crippen LogP contribution in [0.4, 0.5) is 0 Å². The molecule has 1 atom stereocenters. The van der Waals surface area contributed by atoms with Gasteiger partial charge < -0.3 is 4.74 Å². The Kier molecular flexibility index (Phi) is 7.36. The Hall–Kier alpha value is -0.790. The molecule has 0 rings (SSSR count). The molecule has 13 heavy (non-hydrogen) atoms. The number of esters is 1. The first-order chi connectivity index (χ1) is 6.20. The molecule has 0 aromatic heterocycles. The van der Waals surface area contributed by atoms with E-state index in [2.05, 4.69) is 13.8 Å². The third-order valence-electron chi connectivity index (χ3n) is 1.72. The number of carbonyl (C=O) groups is 1. The molecule has 0 aliphatic heterocycles. The van der Waals surface area contributed by atoms with E-state index in [0.29, 0.717) is 0 Å². The van der Waals surface area contributed by atoms with E-state index in [9.17, 15) is 4.79 Å². The predicted octanol–water partition coefficient (Wildman–Crippen LogP) is 3.07. The molecule has 0 aliphatic rings. The maximum Gasteiger partial charge on any atom is 0.330 e. The molecular weight excluding hydrogens is 164 g/mol. The van der Waals surface area contributed by atoms with E-state index < -0.39 is 0 Å². The van der Waals surface area contributed by atoms with Crippen LogP contribution in [0.1, 0.15) is 46.5 Å². The SMILES string of the molecule is CCCC=CC(=O)OC(C)CCC. The lowest BCUT2D eigenvalue weighted by atomic mass is 10.2. The van der Waals surface area contributed by atoms with Gasteiger partial charge in [-0.2, -0.15) is 0 Å². The number of allylic oxidation sites excluding steroid dienone is 1. The first-order valence-electron chi connectivity index (χ1n) is 5.07. The third kappa shape index (κ3) is 7.57. The second kappa shape index (κ2) is 7.84. The molecule has 0 bridgehead atoms. The van der Waals surface area contributed by atoms with Gasteiger partial charge in [0.05, 0.1) is 6.10 Å². The van der Waals surface area contributed by atoms with Gasteiger partial charge in [-0.05, 0) is 19.8 Å². The Morgan fingerprint density at radius 3 is 2.62 bits per heavy atom. The summed E-state index contributed by atoms with van der Waals surface area (Å²) in [5.41, 5.74) is 0. The highest BCUT2D eigenvalue weighted by Crippen LogP contribution is 2.01. The highest BCUT2D eigenvalue weighted by atomic mass is 16.5. The highest BCUT2D eigenvalue weighted by molar-refractivity contribution is 5.81. The Balaban J connectivity index is 3.60. The molecule has 0 aromatic rings. The van der Waals surface area contributed by atoms with Gasteiger partial charge in [-0.3, -0.25) is 0 Å². The minimum atomic E-state index is -0.214. The van der Waals surface area contributed by atoms with Gasteiger partial charge in [-0.15, -0.1) is 0 Å². The van der Waals surface area contributed by atoms with Crippen molar-refractivity contribution >= 4 is 5.97 Å². The van der Waals surface area contributed by atoms with E-state index in [1.54, 1.807) is 0 Å². The first kappa shape index (κ1) is 12.2. The predicted molar refractivity (Wildman–Crippen MR) is 54.5 cm³/mol. The minimum Gasteiger partial charge on any atom is -0.460 e. The van der Waals surface area contributed by atoms with Crippen LogP contribution in [0.25, 0.3) is 0 Å². The van der Waals surface area contributed by atoms with Crippen molar-refractivity contribution < 1.29 is 9.53 Å². The molecule has 0 saturated heterocycles. The van der Waals surface area contributed by atoms with Crippen molar-refractivity contribution in [2.45, 2.75) is 52.6 Å². The number of rotatable bonds is 6. The molecule has 2 heteroatoms. The van der Waals surface area contributed by atoms with E-state index >= 15 is 0 Å². The van der Waals surface area contributed by atoms with Crippen LogP contribution in [0, 0.1) is 0 Å². The fraction of sp³-hybridized carbons (Fsp3) is 0.727. The lowest BCUT2D eigenvalue weighted by Crippen LogP contribution is -2.12. The van der Waals surface area contributed by atoms with Crippen molar-refractivity contribution in [3.05, 3.63) is 12.2 Å². The van der Waals surface area contributed by atoms with Crippen molar-refractivity contribution in [1.82, 2.24) is 0 Å². The van der Waals surface area contributed by atoms with Gasteiger partial charge in [0.25, 0.3) is 0 Å². The fourth-order valence-electron chi connectivity index (χ4n) is 1.05. The highest BCUT2D eigenvalue weighted by Gasteiger charge is 2.04. The zero-order valence-corrected chi connectivity index (χ0v) is 8.88. The zero-order valence-electron chi connectivity index (χ0n) is 8.88. The van der Waals surface area contributed by atoms with Crippen molar-refractivity contribution in [2.24, 2.45) is 0 Å². The molecule has 0 N–H and O–H groups in total. The van der Waals surface area contributed by atoms with Gasteiger partial charge in [0.2, 0.25) is 0 Å². The molecule has 0 aliphatic carbocycles. The lowest BCUT2D eigenvalue weighted by molar-refractivity contribution is -0.142. The molecule has 1 unspecified atom stereocenters. The third-order valence-corrected chi connectivity index (χ3v) is 1.72. The summed E-state index contributed by atoms with van der Waals surface area (Å²) in [6, 6.07) is 0. The number of unbranched alkanes of at least 4 members (excludes halogenated alkanes) is 1. The van der Waals surface area contributed by atoms with Crippen LogP contribution in [-0.4, -0.2) is 12.1 Å². The van der Waals surface area contributed by atoms with Gasteiger partial charge >= 0.3 is 5.97 Å². The molecule has 0 spiro atoms. The second-order valence-corrected chi connectivity index (χ2v) is 3.23. The Bertz CT molecular complexity index is 161. The molecule has 0 heterocycles. The topological polar surface area (TPSA) is 26.3 Å². The lowest BCUT2D eigenvalue weighted by Gasteiger charge is -2.09. The minimum absolute atomic E-state index is 0.0452. The smallest absolute Gasteiger partial charge is 0.330 e. The van der Waals surface area contributed by atoms with Gasteiger partial charge in [-0.25, -0.2) is 4.79 Å². The average Bonchev–Trinajstić information content (AvgIpc) is 2.05. The Labute approximate surface area is 81.0 Å². The molecule has 0 saturated carbocycles. The number of ether oxygens (including phenoxy) is 1. The van der Waals surface area contributed by atoms with E-state index in [0.717, 1.165) is 25.7 Å². The van der Waals surface area contributed by atoms with E-state index in [1.165, 1.54) is 6.08 Å². The van der Waals surface area contributed by atoms with Crippen LogP contribution in [0.3, 0.4) is 0 Å². The second-order valence-electron chi connectivity index (χ2n) is 3.23. The summed E-state index contributed by atoms with van der Waals surface area (Å²) in [7, 11) is 0. The standard InChI is InChI=1S/C11H20O2/c1-4-6-7-9-11(12)13-10(3)8-5-2/h7,9-10H,4-6,8H2,1-3H3. The summed E-state index contributed by atoms with van der Waals surface area (Å²) < 4.78 is 5.11. The Morgan fingerprint density at radius 2 is 2.08 bits per heavy atom. The van der Waals surface area contributed by atoms with Gasteiger partial charge in [0, 0.05) is 6.08 Å². The van der Waals surface area contributed by atoms with Crippen molar-refractivity contribution in [2.75, 3.05) is 0 Å². The summed E-state index contributed by atoms with van der Waals surface area (Å²) in [5.74, 6) is -0.214. The summed E-state index contributed by atoms with van der Waals surface area (Å²) in [4.78, 5) is 11.1. The Morgan fingerprint density at radius 1 is 1.38 bits per heavy atom. The normalized spacial score (nSPS) is 13.2. The maximum atomic E-state index is 11.1. The van der Waals surface area contributed by atoms with Crippen LogP contribution in [0.5, 0.6) is 0 Å². The van der Waals surface area contributed by atoms with E-state index in [4.69, 9.17) is 4.74 Å². The number of carbonyl (C=O) groups excluding carboxylic acids is 1. The van der Waals surface area contributed by atoms with Crippen molar-refractivity contribution in [1.29, 1.82) is 0 Å². The first-order valence-corrected chi connectivity index (χ1v) is 5.07. The summed E-state index contributed by atoms with van der Waals surface area (Å²) in [6.45, 7) is 6.09. The summed E-state index contributed by atoms with van der Waals surface area (Å²) in [5, 5.41) is 0. The molecule has 2 nitrogen and oxygen atoms in total. The van der Waals surface area contributed by atoms with E-state index in [-0.39, 0.29) is 12.1 Å². The van der Waals surface area contributed by atoms with Gasteiger partial charge in [0.15, 0.2) is 0 Å².